The molecule has 2 nitrogen and oxygen atoms in total. The van der Waals surface area contributed by atoms with Crippen molar-refractivity contribution in [3.63, 3.8) is 0 Å². The molecule has 280 valence electrons. The van der Waals surface area contributed by atoms with Gasteiger partial charge in [0.25, 0.3) is 0 Å². The van der Waals surface area contributed by atoms with Crippen LogP contribution >= 0.6 is 0 Å². The summed E-state index contributed by atoms with van der Waals surface area (Å²) in [7, 11) is 0. The molecule has 11 rings (SSSR count). The van der Waals surface area contributed by atoms with E-state index in [4.69, 9.17) is 4.42 Å². The molecule has 10 aromatic rings. The SMILES string of the molecule is CC1(C)c2ccccc2-c2c(N(c3ccc(-c4cccc5c4oc4ccccc45)cc3)c3cccc(-c4ccccc4)c3-c3ccccc3-c3ccccc3)cccc21. The van der Waals surface area contributed by atoms with Gasteiger partial charge >= 0.3 is 0 Å². The van der Waals surface area contributed by atoms with E-state index in [0.717, 1.165) is 50.1 Å². The topological polar surface area (TPSA) is 16.4 Å². The maximum Gasteiger partial charge on any atom is 0.143 e. The number of para-hydroxylation sites is 2. The van der Waals surface area contributed by atoms with Gasteiger partial charge in [-0.1, -0.05) is 196 Å². The second-order valence-electron chi connectivity index (χ2n) is 16.0. The summed E-state index contributed by atoms with van der Waals surface area (Å²) in [5.74, 6) is 0. The van der Waals surface area contributed by atoms with Crippen molar-refractivity contribution in [2.45, 2.75) is 19.3 Å². The summed E-state index contributed by atoms with van der Waals surface area (Å²) in [4.78, 5) is 2.51. The fraction of sp³-hybridized carbons (Fsp3) is 0.0526. The van der Waals surface area contributed by atoms with Crippen molar-refractivity contribution >= 4 is 39.0 Å². The fourth-order valence-electron chi connectivity index (χ4n) is 9.53. The van der Waals surface area contributed by atoms with Crippen LogP contribution in [-0.4, -0.2) is 0 Å². The summed E-state index contributed by atoms with van der Waals surface area (Å²) in [6.45, 7) is 4.72. The average molecular weight is 756 g/mol. The molecule has 2 heteroatoms. The van der Waals surface area contributed by atoms with E-state index in [1.165, 1.54) is 55.6 Å². The number of hydrogen-bond donors (Lipinski definition) is 0. The minimum Gasteiger partial charge on any atom is -0.455 e. The zero-order valence-electron chi connectivity index (χ0n) is 33.1. The second-order valence-corrected chi connectivity index (χ2v) is 16.0. The molecule has 0 saturated heterocycles. The van der Waals surface area contributed by atoms with Crippen LogP contribution in [0, 0.1) is 0 Å². The summed E-state index contributed by atoms with van der Waals surface area (Å²) in [5, 5.41) is 2.26. The zero-order chi connectivity index (χ0) is 39.5. The molecule has 0 unspecified atom stereocenters. The predicted molar refractivity (Wildman–Crippen MR) is 248 cm³/mol. The van der Waals surface area contributed by atoms with Gasteiger partial charge in [-0.25, -0.2) is 0 Å². The summed E-state index contributed by atoms with van der Waals surface area (Å²) >= 11 is 0. The molecule has 0 saturated carbocycles. The highest BCUT2D eigenvalue weighted by atomic mass is 16.3. The van der Waals surface area contributed by atoms with Crippen LogP contribution in [0.5, 0.6) is 0 Å². The lowest BCUT2D eigenvalue weighted by Gasteiger charge is -2.32. The molecular formula is C57H41NO. The highest BCUT2D eigenvalue weighted by molar-refractivity contribution is 6.10. The minimum absolute atomic E-state index is 0.155. The van der Waals surface area contributed by atoms with Gasteiger partial charge in [-0.2, -0.15) is 0 Å². The predicted octanol–water partition coefficient (Wildman–Crippen LogP) is 16.0. The standard InChI is InChI=1S/C57H41NO/c1-57(2)49-29-13-11-25-48(49)55-50(57)30-17-32-52(55)58(41-36-34-40(35-37-41)44-27-15-28-47-45-23-12-14-33-53(45)59-56(44)47)51-31-16-26-43(39-20-7-4-8-21-39)54(51)46-24-10-9-22-42(46)38-18-5-3-6-19-38/h3-37H,1-2H3. The van der Waals surface area contributed by atoms with E-state index in [0.29, 0.717) is 0 Å². The fourth-order valence-corrected chi connectivity index (χ4v) is 9.53. The first-order chi connectivity index (χ1) is 29.1. The van der Waals surface area contributed by atoms with Crippen LogP contribution in [0.15, 0.2) is 217 Å². The molecule has 0 radical (unpaired) electrons. The summed E-state index contributed by atoms with van der Waals surface area (Å²) < 4.78 is 6.51. The highest BCUT2D eigenvalue weighted by Crippen LogP contribution is 2.56. The quantitative estimate of drug-likeness (QED) is 0.161. The summed E-state index contributed by atoms with van der Waals surface area (Å²) in [6, 6.07) is 76.9. The molecule has 1 aromatic heterocycles. The molecule has 9 aromatic carbocycles. The highest BCUT2D eigenvalue weighted by Gasteiger charge is 2.38. The van der Waals surface area contributed by atoms with Crippen molar-refractivity contribution in [1.29, 1.82) is 0 Å². The monoisotopic (exact) mass is 755 g/mol. The van der Waals surface area contributed by atoms with Crippen molar-refractivity contribution in [2.24, 2.45) is 0 Å². The Morgan fingerprint density at radius 1 is 0.356 bits per heavy atom. The molecule has 0 amide bonds. The molecule has 0 fully saturated rings. The average Bonchev–Trinajstić information content (AvgIpc) is 3.80. The van der Waals surface area contributed by atoms with Gasteiger partial charge in [-0.3, -0.25) is 0 Å². The molecule has 0 atom stereocenters. The molecule has 0 N–H and O–H groups in total. The Morgan fingerprint density at radius 3 is 1.63 bits per heavy atom. The Balaban J connectivity index is 1.19. The third-order valence-corrected chi connectivity index (χ3v) is 12.3. The zero-order valence-corrected chi connectivity index (χ0v) is 33.1. The Kier molecular flexibility index (Phi) is 8.20. The van der Waals surface area contributed by atoms with Gasteiger partial charge in [0.2, 0.25) is 0 Å². The van der Waals surface area contributed by atoms with Gasteiger partial charge in [-0.05, 0) is 80.4 Å². The maximum atomic E-state index is 6.51. The Hall–Kier alpha value is -7.42. The van der Waals surface area contributed by atoms with Crippen LogP contribution in [-0.2, 0) is 5.41 Å². The molecule has 1 aliphatic rings. The number of hydrogen-bond acceptors (Lipinski definition) is 2. The molecular weight excluding hydrogens is 715 g/mol. The maximum absolute atomic E-state index is 6.51. The second kappa shape index (κ2) is 13.9. The first-order valence-electron chi connectivity index (χ1n) is 20.4. The van der Waals surface area contributed by atoms with Crippen LogP contribution in [0.4, 0.5) is 17.1 Å². The molecule has 59 heavy (non-hydrogen) atoms. The summed E-state index contributed by atoms with van der Waals surface area (Å²) in [6.07, 6.45) is 0. The van der Waals surface area contributed by atoms with Gasteiger partial charge in [0.15, 0.2) is 0 Å². The number of fused-ring (bicyclic) bond motifs is 6. The van der Waals surface area contributed by atoms with E-state index < -0.39 is 0 Å². The van der Waals surface area contributed by atoms with Crippen LogP contribution in [0.3, 0.4) is 0 Å². The van der Waals surface area contributed by atoms with E-state index >= 15 is 0 Å². The molecule has 1 heterocycles. The molecule has 1 aliphatic carbocycles. The van der Waals surface area contributed by atoms with Crippen molar-refractivity contribution in [1.82, 2.24) is 0 Å². The van der Waals surface area contributed by atoms with Gasteiger partial charge < -0.3 is 9.32 Å². The number of benzene rings is 9. The number of furan rings is 1. The van der Waals surface area contributed by atoms with Crippen molar-refractivity contribution in [3.8, 4) is 55.6 Å². The number of anilines is 3. The van der Waals surface area contributed by atoms with Gasteiger partial charge in [0, 0.05) is 38.6 Å². The van der Waals surface area contributed by atoms with Gasteiger partial charge in [0.1, 0.15) is 11.2 Å². The molecule has 0 aliphatic heterocycles. The summed E-state index contributed by atoms with van der Waals surface area (Å²) in [5.41, 5.74) is 19.5. The van der Waals surface area contributed by atoms with Crippen molar-refractivity contribution in [2.75, 3.05) is 4.90 Å². The van der Waals surface area contributed by atoms with E-state index in [2.05, 4.69) is 225 Å². The minimum atomic E-state index is -0.155. The van der Waals surface area contributed by atoms with Crippen molar-refractivity contribution < 1.29 is 4.42 Å². The van der Waals surface area contributed by atoms with Crippen LogP contribution in [0.25, 0.3) is 77.6 Å². The Labute approximate surface area is 345 Å². The number of rotatable bonds is 7. The van der Waals surface area contributed by atoms with Gasteiger partial charge in [0.05, 0.1) is 11.4 Å². The van der Waals surface area contributed by atoms with Gasteiger partial charge in [-0.15, -0.1) is 0 Å². The number of nitrogens with zero attached hydrogens (tertiary/aromatic N) is 1. The van der Waals surface area contributed by atoms with E-state index in [9.17, 15) is 0 Å². The van der Waals surface area contributed by atoms with Crippen LogP contribution in [0.2, 0.25) is 0 Å². The third kappa shape index (κ3) is 5.63. The first-order valence-corrected chi connectivity index (χ1v) is 20.4. The largest absolute Gasteiger partial charge is 0.455 e. The Morgan fingerprint density at radius 2 is 0.864 bits per heavy atom. The first kappa shape index (κ1) is 34.8. The van der Waals surface area contributed by atoms with Crippen molar-refractivity contribution in [3.05, 3.63) is 223 Å². The smallest absolute Gasteiger partial charge is 0.143 e. The lowest BCUT2D eigenvalue weighted by atomic mass is 9.82. The van der Waals surface area contributed by atoms with E-state index in [1.807, 2.05) is 6.07 Å². The van der Waals surface area contributed by atoms with Crippen LogP contribution in [0.1, 0.15) is 25.0 Å². The normalized spacial score (nSPS) is 12.7. The lowest BCUT2D eigenvalue weighted by molar-refractivity contribution is 0.660. The third-order valence-electron chi connectivity index (χ3n) is 12.3. The van der Waals surface area contributed by atoms with E-state index in [-0.39, 0.29) is 5.41 Å². The van der Waals surface area contributed by atoms with Crippen LogP contribution < -0.4 is 4.90 Å². The lowest BCUT2D eigenvalue weighted by Crippen LogP contribution is -2.16. The Bertz CT molecular complexity index is 3170. The molecule has 0 bridgehead atoms. The molecule has 0 spiro atoms. The van der Waals surface area contributed by atoms with E-state index in [1.54, 1.807) is 0 Å².